The van der Waals surface area contributed by atoms with Crippen LogP contribution in [0.3, 0.4) is 0 Å². The number of ether oxygens (including phenoxy) is 2. The van der Waals surface area contributed by atoms with Crippen LogP contribution in [0.1, 0.15) is 38.3 Å². The second kappa shape index (κ2) is 6.07. The monoisotopic (exact) mass is 345 g/mol. The first kappa shape index (κ1) is 16.5. The number of allylic oxidation sites excluding steroid dienone is 2. The van der Waals surface area contributed by atoms with Gasteiger partial charge < -0.3 is 14.6 Å². The maximum atomic E-state index is 12.0. The third-order valence-electron chi connectivity index (χ3n) is 5.55. The average molecular weight is 345 g/mol. The molecule has 25 heavy (non-hydrogen) atoms. The fraction of sp³-hybridized carbons (Fsp3) is 0.611. The smallest absolute Gasteiger partial charge is 0.334 e. The molecule has 0 saturated carbocycles. The maximum absolute atomic E-state index is 12.0. The molecule has 7 heteroatoms. The van der Waals surface area contributed by atoms with Crippen molar-refractivity contribution in [3.63, 3.8) is 0 Å². The number of aromatic nitrogens is 3. The zero-order valence-corrected chi connectivity index (χ0v) is 14.4. The molecule has 4 atom stereocenters. The van der Waals surface area contributed by atoms with Gasteiger partial charge in [0.15, 0.2) is 0 Å². The van der Waals surface area contributed by atoms with Gasteiger partial charge in [-0.05, 0) is 32.6 Å². The normalized spacial score (nSPS) is 36.9. The lowest BCUT2D eigenvalue weighted by molar-refractivity contribution is -0.140. The fourth-order valence-corrected chi connectivity index (χ4v) is 3.96. The van der Waals surface area contributed by atoms with E-state index in [1.54, 1.807) is 10.9 Å². The van der Waals surface area contributed by atoms with Crippen molar-refractivity contribution >= 4 is 5.97 Å². The highest BCUT2D eigenvalue weighted by Crippen LogP contribution is 2.49. The van der Waals surface area contributed by atoms with Crippen molar-refractivity contribution in [3.8, 4) is 0 Å². The Balaban J connectivity index is 1.53. The molecule has 0 amide bonds. The number of carbonyl (C=O) groups excluding carboxylic acids is 1. The minimum absolute atomic E-state index is 0.00424. The molecule has 1 N–H and O–H groups in total. The zero-order valence-electron chi connectivity index (χ0n) is 14.4. The zero-order chi connectivity index (χ0) is 17.6. The summed E-state index contributed by atoms with van der Waals surface area (Å²) in [6.07, 6.45) is 7.22. The molecule has 0 bridgehead atoms. The fourth-order valence-electron chi connectivity index (χ4n) is 3.96. The third-order valence-corrected chi connectivity index (χ3v) is 5.55. The molecular weight excluding hydrogens is 322 g/mol. The van der Waals surface area contributed by atoms with Gasteiger partial charge in [0.25, 0.3) is 0 Å². The number of fused-ring (bicyclic) bond motifs is 3. The van der Waals surface area contributed by atoms with Gasteiger partial charge in [-0.25, -0.2) is 9.48 Å². The minimum atomic E-state index is -0.290. The lowest BCUT2D eigenvalue weighted by Crippen LogP contribution is -2.29. The van der Waals surface area contributed by atoms with Gasteiger partial charge in [-0.2, -0.15) is 0 Å². The molecule has 4 rings (SSSR count). The van der Waals surface area contributed by atoms with Crippen LogP contribution in [-0.2, 0) is 27.4 Å². The molecule has 0 radical (unpaired) electrons. The Labute approximate surface area is 146 Å². The highest BCUT2D eigenvalue weighted by atomic mass is 16.6. The van der Waals surface area contributed by atoms with Crippen molar-refractivity contribution in [1.29, 1.82) is 0 Å². The standard InChI is InChI=1S/C18H23N3O4/c1-11-14-6-5-12(8-21-9-13(10-22)19-20-21)4-3-7-18(2)16(25-18)15(14)24-17(11)23/h4,9,14-16,22H,1,3,5-8,10H2,2H3/b12-4+/t14-,15-,16-,18+/m0/s1. The van der Waals surface area contributed by atoms with Crippen LogP contribution >= 0.6 is 0 Å². The number of nitrogens with zero attached hydrogens (tertiary/aromatic N) is 3. The van der Waals surface area contributed by atoms with Crippen LogP contribution < -0.4 is 0 Å². The SMILES string of the molecule is C=C1C(=O)O[C@H]2[C@H]1CC/C(Cn1cc(CO)nn1)=C\CC[C@@]1(C)O[C@@H]21. The topological polar surface area (TPSA) is 89.8 Å². The third kappa shape index (κ3) is 3.02. The molecule has 0 unspecified atom stereocenters. The number of carbonyl (C=O) groups is 1. The lowest BCUT2D eigenvalue weighted by atomic mass is 9.84. The molecule has 1 aromatic rings. The summed E-state index contributed by atoms with van der Waals surface area (Å²) in [6, 6.07) is 0. The number of hydrogen-bond donors (Lipinski definition) is 1. The molecule has 3 aliphatic rings. The van der Waals surface area contributed by atoms with E-state index in [0.29, 0.717) is 17.8 Å². The molecule has 3 heterocycles. The van der Waals surface area contributed by atoms with Crippen molar-refractivity contribution in [3.05, 3.63) is 35.7 Å². The van der Waals surface area contributed by atoms with E-state index < -0.39 is 0 Å². The number of aliphatic hydroxyl groups excluding tert-OH is 1. The van der Waals surface area contributed by atoms with Crippen molar-refractivity contribution in [2.45, 2.75) is 63.6 Å². The minimum Gasteiger partial charge on any atom is -0.455 e. The Hall–Kier alpha value is -1.99. The largest absolute Gasteiger partial charge is 0.455 e. The van der Waals surface area contributed by atoms with E-state index >= 15 is 0 Å². The lowest BCUT2D eigenvalue weighted by Gasteiger charge is -2.20. The van der Waals surface area contributed by atoms with Crippen molar-refractivity contribution in [1.82, 2.24) is 15.0 Å². The summed E-state index contributed by atoms with van der Waals surface area (Å²) in [5.41, 5.74) is 2.14. The van der Waals surface area contributed by atoms with Crippen LogP contribution in [0.5, 0.6) is 0 Å². The molecule has 134 valence electrons. The number of aliphatic hydroxyl groups is 1. The van der Waals surface area contributed by atoms with Crippen molar-refractivity contribution in [2.24, 2.45) is 5.92 Å². The summed E-state index contributed by atoms with van der Waals surface area (Å²) in [4.78, 5) is 12.0. The van der Waals surface area contributed by atoms with Gasteiger partial charge in [0.05, 0.1) is 24.9 Å². The maximum Gasteiger partial charge on any atom is 0.334 e. The highest BCUT2D eigenvalue weighted by molar-refractivity contribution is 5.91. The summed E-state index contributed by atoms with van der Waals surface area (Å²) in [5, 5.41) is 17.1. The molecular formula is C18H23N3O4. The molecule has 2 fully saturated rings. The van der Waals surface area contributed by atoms with Crippen molar-refractivity contribution in [2.75, 3.05) is 0 Å². The van der Waals surface area contributed by atoms with Crippen LogP contribution in [0.2, 0.25) is 0 Å². The quantitative estimate of drug-likeness (QED) is 0.387. The molecule has 2 saturated heterocycles. The molecule has 0 spiro atoms. The second-order valence-electron chi connectivity index (χ2n) is 7.36. The van der Waals surface area contributed by atoms with Crippen LogP contribution in [0.4, 0.5) is 0 Å². The van der Waals surface area contributed by atoms with Crippen LogP contribution in [0, 0.1) is 5.92 Å². The Bertz CT molecular complexity index is 740. The Morgan fingerprint density at radius 1 is 1.52 bits per heavy atom. The van der Waals surface area contributed by atoms with Crippen LogP contribution in [-0.4, -0.2) is 43.9 Å². The van der Waals surface area contributed by atoms with Crippen LogP contribution in [0.15, 0.2) is 30.0 Å². The number of hydrogen-bond acceptors (Lipinski definition) is 6. The first-order valence-electron chi connectivity index (χ1n) is 8.75. The predicted molar refractivity (Wildman–Crippen MR) is 88.3 cm³/mol. The van der Waals surface area contributed by atoms with Gasteiger partial charge in [0.2, 0.25) is 0 Å². The van der Waals surface area contributed by atoms with E-state index in [9.17, 15) is 4.79 Å². The molecule has 2 aliphatic heterocycles. The van der Waals surface area contributed by atoms with Crippen LogP contribution in [0.25, 0.3) is 0 Å². The Morgan fingerprint density at radius 2 is 2.36 bits per heavy atom. The predicted octanol–water partition coefficient (Wildman–Crippen LogP) is 1.53. The second-order valence-corrected chi connectivity index (χ2v) is 7.36. The van der Waals surface area contributed by atoms with E-state index in [-0.39, 0.29) is 36.3 Å². The first-order valence-corrected chi connectivity index (χ1v) is 8.75. The molecule has 0 aromatic carbocycles. The van der Waals surface area contributed by atoms with E-state index in [4.69, 9.17) is 14.6 Å². The summed E-state index contributed by atoms with van der Waals surface area (Å²) >= 11 is 0. The van der Waals surface area contributed by atoms with E-state index in [1.807, 2.05) is 0 Å². The summed E-state index contributed by atoms with van der Waals surface area (Å²) in [5.74, 6) is -0.286. The Kier molecular flexibility index (Phi) is 4.00. The van der Waals surface area contributed by atoms with E-state index in [1.165, 1.54) is 5.57 Å². The van der Waals surface area contributed by atoms with Gasteiger partial charge in [-0.1, -0.05) is 23.4 Å². The van der Waals surface area contributed by atoms with Gasteiger partial charge in [-0.3, -0.25) is 0 Å². The molecule has 7 nitrogen and oxygen atoms in total. The molecule has 1 aliphatic carbocycles. The number of esters is 1. The summed E-state index contributed by atoms with van der Waals surface area (Å²) < 4.78 is 13.2. The Morgan fingerprint density at radius 3 is 3.12 bits per heavy atom. The first-order chi connectivity index (χ1) is 12.0. The average Bonchev–Trinajstić information content (AvgIpc) is 2.91. The van der Waals surface area contributed by atoms with E-state index in [2.05, 4.69) is 29.9 Å². The highest BCUT2D eigenvalue weighted by Gasteiger charge is 2.61. The van der Waals surface area contributed by atoms with Gasteiger partial charge >= 0.3 is 5.97 Å². The number of epoxide rings is 1. The van der Waals surface area contributed by atoms with Gasteiger partial charge in [0, 0.05) is 11.5 Å². The van der Waals surface area contributed by atoms with E-state index in [0.717, 1.165) is 25.7 Å². The molecule has 1 aromatic heterocycles. The van der Waals surface area contributed by atoms with Crippen molar-refractivity contribution < 1.29 is 19.4 Å². The summed E-state index contributed by atoms with van der Waals surface area (Å²) in [6.45, 7) is 6.55. The number of rotatable bonds is 3. The van der Waals surface area contributed by atoms with Gasteiger partial charge in [-0.15, -0.1) is 5.10 Å². The van der Waals surface area contributed by atoms with Gasteiger partial charge in [0.1, 0.15) is 17.9 Å². The summed E-state index contributed by atoms with van der Waals surface area (Å²) in [7, 11) is 0.